The number of carbonyl (C=O) groups is 1. The molecule has 0 aromatic heterocycles. The van der Waals surface area contributed by atoms with Crippen LogP contribution < -0.4 is 5.32 Å². The standard InChI is InChI=1S/C6H11NO3/c8-4-2-1-3-7-5(4)6(9)10/h4-5,7-8H,1-3H2,(H,9,10)/t4-,5+/m0/s1. The Hall–Kier alpha value is -0.610. The summed E-state index contributed by atoms with van der Waals surface area (Å²) in [4.78, 5) is 10.3. The quantitative estimate of drug-likeness (QED) is 0.451. The molecule has 0 radical (unpaired) electrons. The SMILES string of the molecule is O=C(O)[C@@H]1NCCC[C@@H]1O. The lowest BCUT2D eigenvalue weighted by Gasteiger charge is -2.24. The van der Waals surface area contributed by atoms with Crippen LogP contribution in [0.15, 0.2) is 0 Å². The van der Waals surface area contributed by atoms with Gasteiger partial charge in [0.2, 0.25) is 0 Å². The van der Waals surface area contributed by atoms with E-state index in [4.69, 9.17) is 10.2 Å². The summed E-state index contributed by atoms with van der Waals surface area (Å²) in [5.41, 5.74) is 0. The Morgan fingerprint density at radius 1 is 1.60 bits per heavy atom. The molecule has 58 valence electrons. The third kappa shape index (κ3) is 1.46. The Labute approximate surface area is 58.9 Å². The van der Waals surface area contributed by atoms with Crippen molar-refractivity contribution in [1.29, 1.82) is 0 Å². The van der Waals surface area contributed by atoms with Gasteiger partial charge in [-0.25, -0.2) is 0 Å². The molecule has 4 heteroatoms. The van der Waals surface area contributed by atoms with Crippen molar-refractivity contribution >= 4 is 5.97 Å². The molecule has 0 unspecified atom stereocenters. The highest BCUT2D eigenvalue weighted by atomic mass is 16.4. The fraction of sp³-hybridized carbons (Fsp3) is 0.833. The fourth-order valence-corrected chi connectivity index (χ4v) is 1.12. The molecular formula is C6H11NO3. The molecule has 1 rings (SSSR count). The Kier molecular flexibility index (Phi) is 2.24. The van der Waals surface area contributed by atoms with Crippen LogP contribution in [0.4, 0.5) is 0 Å². The number of piperidine rings is 1. The predicted molar refractivity (Wildman–Crippen MR) is 34.7 cm³/mol. The van der Waals surface area contributed by atoms with E-state index in [-0.39, 0.29) is 0 Å². The van der Waals surface area contributed by atoms with Gasteiger partial charge in [-0.1, -0.05) is 0 Å². The predicted octanol–water partition coefficient (Wildman–Crippen LogP) is -0.816. The zero-order valence-electron chi connectivity index (χ0n) is 5.58. The first kappa shape index (κ1) is 7.50. The summed E-state index contributed by atoms with van der Waals surface area (Å²) < 4.78 is 0. The largest absolute Gasteiger partial charge is 0.480 e. The lowest BCUT2D eigenvalue weighted by Crippen LogP contribution is -2.49. The summed E-state index contributed by atoms with van der Waals surface area (Å²) in [7, 11) is 0. The van der Waals surface area contributed by atoms with E-state index in [1.807, 2.05) is 0 Å². The molecule has 0 bridgehead atoms. The molecule has 1 heterocycles. The van der Waals surface area contributed by atoms with E-state index in [1.54, 1.807) is 0 Å². The molecule has 3 N–H and O–H groups in total. The minimum absolute atomic E-state index is 0.587. The number of aliphatic hydroxyl groups is 1. The van der Waals surface area contributed by atoms with Gasteiger partial charge in [0.1, 0.15) is 6.04 Å². The summed E-state index contributed by atoms with van der Waals surface area (Å²) in [5, 5.41) is 20.3. The molecule has 0 spiro atoms. The van der Waals surface area contributed by atoms with Gasteiger partial charge >= 0.3 is 5.97 Å². The zero-order valence-corrected chi connectivity index (χ0v) is 5.58. The van der Waals surface area contributed by atoms with E-state index in [0.29, 0.717) is 13.0 Å². The first-order valence-electron chi connectivity index (χ1n) is 3.36. The average molecular weight is 145 g/mol. The van der Waals surface area contributed by atoms with Gasteiger partial charge in [-0.05, 0) is 19.4 Å². The molecular weight excluding hydrogens is 134 g/mol. The number of aliphatic carboxylic acids is 1. The highest BCUT2D eigenvalue weighted by Crippen LogP contribution is 2.07. The van der Waals surface area contributed by atoms with Crippen LogP contribution in [0.1, 0.15) is 12.8 Å². The van der Waals surface area contributed by atoms with Gasteiger partial charge in [-0.3, -0.25) is 4.79 Å². The topological polar surface area (TPSA) is 69.6 Å². The maximum atomic E-state index is 10.3. The summed E-state index contributed by atoms with van der Waals surface area (Å²) in [6.07, 6.45) is 0.723. The molecule has 0 amide bonds. The molecule has 2 atom stereocenters. The number of nitrogens with one attached hydrogen (secondary N) is 1. The van der Waals surface area contributed by atoms with Crippen molar-refractivity contribution in [2.75, 3.05) is 6.54 Å². The van der Waals surface area contributed by atoms with Gasteiger partial charge < -0.3 is 15.5 Å². The highest BCUT2D eigenvalue weighted by Gasteiger charge is 2.28. The maximum Gasteiger partial charge on any atom is 0.323 e. The molecule has 1 fully saturated rings. The van der Waals surface area contributed by atoms with Gasteiger partial charge in [0.15, 0.2) is 0 Å². The van der Waals surface area contributed by atoms with Crippen LogP contribution >= 0.6 is 0 Å². The van der Waals surface area contributed by atoms with E-state index < -0.39 is 18.1 Å². The fourth-order valence-electron chi connectivity index (χ4n) is 1.12. The molecule has 1 aliphatic rings. The molecule has 1 aliphatic heterocycles. The Balaban J connectivity index is 2.47. The summed E-state index contributed by atoms with van der Waals surface area (Å²) in [6.45, 7) is 0.689. The van der Waals surface area contributed by atoms with E-state index in [2.05, 4.69) is 5.32 Å². The summed E-state index contributed by atoms with van der Waals surface area (Å²) >= 11 is 0. The van der Waals surface area contributed by atoms with Crippen molar-refractivity contribution in [3.05, 3.63) is 0 Å². The van der Waals surface area contributed by atoms with Gasteiger partial charge in [0, 0.05) is 0 Å². The number of carboxylic acids is 1. The van der Waals surface area contributed by atoms with Crippen LogP contribution in [0, 0.1) is 0 Å². The van der Waals surface area contributed by atoms with Crippen LogP contribution in [0.3, 0.4) is 0 Å². The average Bonchev–Trinajstić information content (AvgIpc) is 1.88. The number of carboxylic acid groups (broad SMARTS) is 1. The lowest BCUT2D eigenvalue weighted by molar-refractivity contribution is -0.143. The van der Waals surface area contributed by atoms with Crippen LogP contribution in [-0.4, -0.2) is 34.9 Å². The Morgan fingerprint density at radius 3 is 2.70 bits per heavy atom. The van der Waals surface area contributed by atoms with Gasteiger partial charge in [-0.2, -0.15) is 0 Å². The molecule has 10 heavy (non-hydrogen) atoms. The molecule has 4 nitrogen and oxygen atoms in total. The number of hydrogen-bond acceptors (Lipinski definition) is 3. The second-order valence-electron chi connectivity index (χ2n) is 2.48. The second kappa shape index (κ2) is 2.98. The smallest absolute Gasteiger partial charge is 0.323 e. The first-order valence-corrected chi connectivity index (χ1v) is 3.36. The lowest BCUT2D eigenvalue weighted by atomic mass is 10.0. The Bertz CT molecular complexity index is 137. The second-order valence-corrected chi connectivity index (χ2v) is 2.48. The van der Waals surface area contributed by atoms with E-state index in [9.17, 15) is 4.79 Å². The van der Waals surface area contributed by atoms with Crippen LogP contribution in [0.2, 0.25) is 0 Å². The minimum Gasteiger partial charge on any atom is -0.480 e. The summed E-state index contributed by atoms with van der Waals surface area (Å²) in [6, 6.07) is -0.756. The molecule has 0 aliphatic carbocycles. The van der Waals surface area contributed by atoms with Gasteiger partial charge in [0.25, 0.3) is 0 Å². The third-order valence-electron chi connectivity index (χ3n) is 1.69. The van der Waals surface area contributed by atoms with Gasteiger partial charge in [0.05, 0.1) is 6.10 Å². The van der Waals surface area contributed by atoms with Crippen molar-refractivity contribution in [2.24, 2.45) is 0 Å². The molecule has 0 aromatic carbocycles. The number of aliphatic hydroxyl groups excluding tert-OH is 1. The monoisotopic (exact) mass is 145 g/mol. The minimum atomic E-state index is -0.966. The van der Waals surface area contributed by atoms with E-state index in [1.165, 1.54) is 0 Å². The molecule has 0 aromatic rings. The van der Waals surface area contributed by atoms with E-state index >= 15 is 0 Å². The van der Waals surface area contributed by atoms with Crippen LogP contribution in [-0.2, 0) is 4.79 Å². The normalized spacial score (nSPS) is 33.7. The third-order valence-corrected chi connectivity index (χ3v) is 1.69. The Morgan fingerprint density at radius 2 is 2.30 bits per heavy atom. The zero-order chi connectivity index (χ0) is 7.56. The van der Waals surface area contributed by atoms with Crippen LogP contribution in [0.25, 0.3) is 0 Å². The van der Waals surface area contributed by atoms with Crippen molar-refractivity contribution < 1.29 is 15.0 Å². The van der Waals surface area contributed by atoms with E-state index in [0.717, 1.165) is 6.42 Å². The molecule has 1 saturated heterocycles. The summed E-state index contributed by atoms with van der Waals surface area (Å²) in [5.74, 6) is -0.966. The van der Waals surface area contributed by atoms with Crippen molar-refractivity contribution in [3.63, 3.8) is 0 Å². The number of hydrogen-bond donors (Lipinski definition) is 3. The number of rotatable bonds is 1. The van der Waals surface area contributed by atoms with Crippen molar-refractivity contribution in [3.8, 4) is 0 Å². The first-order chi connectivity index (χ1) is 4.72. The van der Waals surface area contributed by atoms with Gasteiger partial charge in [-0.15, -0.1) is 0 Å². The highest BCUT2D eigenvalue weighted by molar-refractivity contribution is 5.74. The van der Waals surface area contributed by atoms with Crippen molar-refractivity contribution in [1.82, 2.24) is 5.32 Å². The van der Waals surface area contributed by atoms with Crippen molar-refractivity contribution in [2.45, 2.75) is 25.0 Å². The molecule has 0 saturated carbocycles. The van der Waals surface area contributed by atoms with Crippen LogP contribution in [0.5, 0.6) is 0 Å². The maximum absolute atomic E-state index is 10.3.